The Bertz CT molecular complexity index is 933. The van der Waals surface area contributed by atoms with Gasteiger partial charge in [-0.05, 0) is 48.2 Å². The molecule has 2 aromatic carbocycles. The van der Waals surface area contributed by atoms with Gasteiger partial charge in [0.05, 0.1) is 18.1 Å². The SMILES string of the molecule is CCOCn1cc(NC(=O)c2cccc(COc3ccc(C(C)C)cc3)c2)cn1. The lowest BCUT2D eigenvalue weighted by Gasteiger charge is -2.10. The number of hydrogen-bond acceptors (Lipinski definition) is 4. The highest BCUT2D eigenvalue weighted by molar-refractivity contribution is 6.04. The Kier molecular flexibility index (Phi) is 7.03. The number of hydrogen-bond donors (Lipinski definition) is 1. The van der Waals surface area contributed by atoms with Crippen LogP contribution in [0.2, 0.25) is 0 Å². The number of anilines is 1. The molecule has 0 atom stereocenters. The number of benzene rings is 2. The first-order chi connectivity index (χ1) is 14.0. The summed E-state index contributed by atoms with van der Waals surface area (Å²) in [6.45, 7) is 7.61. The zero-order chi connectivity index (χ0) is 20.6. The van der Waals surface area contributed by atoms with E-state index in [1.165, 1.54) is 5.56 Å². The van der Waals surface area contributed by atoms with Crippen molar-refractivity contribution in [3.8, 4) is 5.75 Å². The van der Waals surface area contributed by atoms with Gasteiger partial charge in [-0.15, -0.1) is 0 Å². The second-order valence-corrected chi connectivity index (χ2v) is 7.06. The molecule has 1 heterocycles. The number of carbonyl (C=O) groups is 1. The van der Waals surface area contributed by atoms with Crippen molar-refractivity contribution >= 4 is 11.6 Å². The molecule has 0 aliphatic heterocycles. The van der Waals surface area contributed by atoms with Gasteiger partial charge in [0.15, 0.2) is 0 Å². The lowest BCUT2D eigenvalue weighted by molar-refractivity contribution is 0.0792. The summed E-state index contributed by atoms with van der Waals surface area (Å²) in [7, 11) is 0. The molecule has 0 aliphatic carbocycles. The molecular formula is C23H27N3O3. The van der Waals surface area contributed by atoms with Crippen LogP contribution in [-0.4, -0.2) is 22.3 Å². The summed E-state index contributed by atoms with van der Waals surface area (Å²) >= 11 is 0. The fraction of sp³-hybridized carbons (Fsp3) is 0.304. The van der Waals surface area contributed by atoms with Crippen molar-refractivity contribution in [2.45, 2.75) is 40.0 Å². The van der Waals surface area contributed by atoms with Crippen LogP contribution in [0.15, 0.2) is 60.9 Å². The third-order valence-electron chi connectivity index (χ3n) is 4.46. The Morgan fingerprint density at radius 3 is 2.69 bits per heavy atom. The van der Waals surface area contributed by atoms with E-state index in [1.807, 2.05) is 37.3 Å². The minimum absolute atomic E-state index is 0.191. The predicted molar refractivity (Wildman–Crippen MR) is 113 cm³/mol. The predicted octanol–water partition coefficient (Wildman–Crippen LogP) is 4.83. The maximum Gasteiger partial charge on any atom is 0.255 e. The number of aromatic nitrogens is 2. The van der Waals surface area contributed by atoms with Crippen molar-refractivity contribution in [2.75, 3.05) is 11.9 Å². The summed E-state index contributed by atoms with van der Waals surface area (Å²) in [5.41, 5.74) is 3.40. The molecule has 1 N–H and O–H groups in total. The maximum atomic E-state index is 12.5. The van der Waals surface area contributed by atoms with Crippen LogP contribution >= 0.6 is 0 Å². The fourth-order valence-corrected chi connectivity index (χ4v) is 2.80. The summed E-state index contributed by atoms with van der Waals surface area (Å²) in [5.74, 6) is 1.11. The number of rotatable bonds is 9. The van der Waals surface area contributed by atoms with Crippen molar-refractivity contribution in [2.24, 2.45) is 0 Å². The molecule has 152 valence electrons. The summed E-state index contributed by atoms with van der Waals surface area (Å²) in [6, 6.07) is 15.5. The van der Waals surface area contributed by atoms with Gasteiger partial charge in [0, 0.05) is 12.2 Å². The van der Waals surface area contributed by atoms with Crippen LogP contribution in [0, 0.1) is 0 Å². The Hall–Kier alpha value is -3.12. The number of ether oxygens (including phenoxy) is 2. The van der Waals surface area contributed by atoms with Gasteiger partial charge in [0.1, 0.15) is 19.1 Å². The van der Waals surface area contributed by atoms with Gasteiger partial charge in [0.25, 0.3) is 5.91 Å². The Balaban J connectivity index is 1.58. The van der Waals surface area contributed by atoms with Crippen LogP contribution in [-0.2, 0) is 18.1 Å². The van der Waals surface area contributed by atoms with Crippen molar-refractivity contribution in [1.29, 1.82) is 0 Å². The van der Waals surface area contributed by atoms with E-state index >= 15 is 0 Å². The highest BCUT2D eigenvalue weighted by Gasteiger charge is 2.09. The molecule has 3 rings (SSSR count). The van der Waals surface area contributed by atoms with Crippen LogP contribution in [0.4, 0.5) is 5.69 Å². The zero-order valence-electron chi connectivity index (χ0n) is 17.1. The minimum atomic E-state index is -0.191. The van der Waals surface area contributed by atoms with Crippen molar-refractivity contribution in [3.63, 3.8) is 0 Å². The Labute approximate surface area is 171 Å². The lowest BCUT2D eigenvalue weighted by atomic mass is 10.0. The average Bonchev–Trinajstić information content (AvgIpc) is 3.18. The van der Waals surface area contributed by atoms with Gasteiger partial charge in [-0.25, -0.2) is 4.68 Å². The van der Waals surface area contributed by atoms with E-state index in [-0.39, 0.29) is 5.91 Å². The summed E-state index contributed by atoms with van der Waals surface area (Å²) in [4.78, 5) is 12.5. The first-order valence-electron chi connectivity index (χ1n) is 9.78. The Morgan fingerprint density at radius 2 is 1.97 bits per heavy atom. The molecule has 6 heteroatoms. The maximum absolute atomic E-state index is 12.5. The van der Waals surface area contributed by atoms with Gasteiger partial charge >= 0.3 is 0 Å². The van der Waals surface area contributed by atoms with Gasteiger partial charge in [-0.2, -0.15) is 5.10 Å². The molecule has 6 nitrogen and oxygen atoms in total. The van der Waals surface area contributed by atoms with E-state index in [0.29, 0.717) is 37.1 Å². The molecule has 0 fully saturated rings. The fourth-order valence-electron chi connectivity index (χ4n) is 2.80. The van der Waals surface area contributed by atoms with Crippen molar-refractivity contribution in [1.82, 2.24) is 9.78 Å². The molecule has 0 bridgehead atoms. The number of nitrogens with zero attached hydrogens (tertiary/aromatic N) is 2. The zero-order valence-corrected chi connectivity index (χ0v) is 17.1. The molecule has 0 saturated heterocycles. The van der Waals surface area contributed by atoms with Gasteiger partial charge in [0.2, 0.25) is 0 Å². The van der Waals surface area contributed by atoms with Gasteiger partial charge in [-0.1, -0.05) is 38.1 Å². The van der Waals surface area contributed by atoms with Crippen LogP contribution in [0.5, 0.6) is 5.75 Å². The Morgan fingerprint density at radius 1 is 1.17 bits per heavy atom. The largest absolute Gasteiger partial charge is 0.489 e. The van der Waals surface area contributed by atoms with E-state index in [0.717, 1.165) is 11.3 Å². The average molecular weight is 393 g/mol. The molecule has 3 aromatic rings. The number of amides is 1. The van der Waals surface area contributed by atoms with Crippen molar-refractivity contribution < 1.29 is 14.3 Å². The van der Waals surface area contributed by atoms with Crippen LogP contribution in [0.3, 0.4) is 0 Å². The van der Waals surface area contributed by atoms with Crippen LogP contribution < -0.4 is 10.1 Å². The normalized spacial score (nSPS) is 10.9. The molecular weight excluding hydrogens is 366 g/mol. The van der Waals surface area contributed by atoms with E-state index in [2.05, 4.69) is 36.4 Å². The molecule has 0 radical (unpaired) electrons. The van der Waals surface area contributed by atoms with Crippen LogP contribution in [0.1, 0.15) is 48.2 Å². The van der Waals surface area contributed by atoms with Gasteiger partial charge < -0.3 is 14.8 Å². The molecule has 0 saturated carbocycles. The lowest BCUT2D eigenvalue weighted by Crippen LogP contribution is -2.12. The summed E-state index contributed by atoms with van der Waals surface area (Å²) in [6.07, 6.45) is 3.34. The van der Waals surface area contributed by atoms with E-state index in [1.54, 1.807) is 23.1 Å². The van der Waals surface area contributed by atoms with Crippen molar-refractivity contribution in [3.05, 3.63) is 77.6 Å². The van der Waals surface area contributed by atoms with Gasteiger partial charge in [-0.3, -0.25) is 4.79 Å². The summed E-state index contributed by atoms with van der Waals surface area (Å²) < 4.78 is 12.8. The first-order valence-corrected chi connectivity index (χ1v) is 9.78. The minimum Gasteiger partial charge on any atom is -0.489 e. The molecule has 1 amide bonds. The highest BCUT2D eigenvalue weighted by Crippen LogP contribution is 2.20. The standard InChI is InChI=1S/C23H27N3O3/c1-4-28-16-26-14-21(13-24-26)25-23(27)20-7-5-6-18(12-20)15-29-22-10-8-19(9-11-22)17(2)3/h5-14,17H,4,15-16H2,1-3H3,(H,25,27). The molecule has 0 aliphatic rings. The molecule has 29 heavy (non-hydrogen) atoms. The summed E-state index contributed by atoms with van der Waals surface area (Å²) in [5, 5.41) is 7.01. The van der Waals surface area contributed by atoms with Crippen LogP contribution in [0.25, 0.3) is 0 Å². The number of nitrogens with one attached hydrogen (secondary N) is 1. The number of carbonyl (C=O) groups excluding carboxylic acids is 1. The van der Waals surface area contributed by atoms with E-state index in [9.17, 15) is 4.79 Å². The monoisotopic (exact) mass is 393 g/mol. The third-order valence-corrected chi connectivity index (χ3v) is 4.46. The molecule has 0 unspecified atom stereocenters. The molecule has 0 spiro atoms. The van der Waals surface area contributed by atoms with E-state index < -0.39 is 0 Å². The smallest absolute Gasteiger partial charge is 0.255 e. The molecule has 1 aromatic heterocycles. The first kappa shape index (κ1) is 20.6. The third kappa shape index (κ3) is 5.93. The topological polar surface area (TPSA) is 65.4 Å². The second kappa shape index (κ2) is 9.89. The second-order valence-electron chi connectivity index (χ2n) is 7.06. The van der Waals surface area contributed by atoms with E-state index in [4.69, 9.17) is 9.47 Å². The quantitative estimate of drug-likeness (QED) is 0.565. The highest BCUT2D eigenvalue weighted by atomic mass is 16.5.